The van der Waals surface area contributed by atoms with Gasteiger partial charge in [-0.05, 0) is 35.9 Å². The fourth-order valence-corrected chi connectivity index (χ4v) is 2.62. The van der Waals surface area contributed by atoms with Gasteiger partial charge in [0.1, 0.15) is 5.75 Å². The average Bonchev–Trinajstić information content (AvgIpc) is 3.01. The van der Waals surface area contributed by atoms with E-state index < -0.39 is 0 Å². The fourth-order valence-electron chi connectivity index (χ4n) is 2.41. The normalized spacial score (nSPS) is 11.2. The molecule has 6 heteroatoms. The van der Waals surface area contributed by atoms with Crippen molar-refractivity contribution in [3.63, 3.8) is 0 Å². The van der Waals surface area contributed by atoms with Gasteiger partial charge in [0.15, 0.2) is 11.5 Å². The summed E-state index contributed by atoms with van der Waals surface area (Å²) >= 11 is 6.22. The van der Waals surface area contributed by atoms with E-state index in [1.807, 2.05) is 48.5 Å². The molecular weight excluding hydrogens is 300 g/mol. The van der Waals surface area contributed by atoms with Crippen molar-refractivity contribution >= 4 is 28.2 Å². The van der Waals surface area contributed by atoms with Gasteiger partial charge in [-0.1, -0.05) is 24.3 Å². The number of ether oxygens (including phenoxy) is 1. The minimum atomic E-state index is 0.287. The maximum Gasteiger partial charge on any atom is 0.226 e. The Morgan fingerprint density at radius 3 is 2.77 bits per heavy atom. The van der Waals surface area contributed by atoms with Crippen molar-refractivity contribution in [2.75, 3.05) is 7.11 Å². The Morgan fingerprint density at radius 2 is 1.91 bits per heavy atom. The summed E-state index contributed by atoms with van der Waals surface area (Å²) in [6.07, 6.45) is 0. The van der Waals surface area contributed by atoms with Gasteiger partial charge in [0, 0.05) is 10.9 Å². The number of methoxy groups -OCH3 is 1. The Bertz CT molecular complexity index is 996. The maximum atomic E-state index is 6.22. The summed E-state index contributed by atoms with van der Waals surface area (Å²) in [5.41, 5.74) is 2.35. The molecule has 2 aromatic carbocycles. The molecule has 2 heterocycles. The Balaban J connectivity index is 2.00. The molecule has 0 aliphatic rings. The van der Waals surface area contributed by atoms with Gasteiger partial charge in [0.25, 0.3) is 0 Å². The predicted molar refractivity (Wildman–Crippen MR) is 85.3 cm³/mol. The molecule has 0 saturated carbocycles. The van der Waals surface area contributed by atoms with E-state index in [0.29, 0.717) is 11.5 Å². The lowest BCUT2D eigenvalue weighted by atomic mass is 10.2. The summed E-state index contributed by atoms with van der Waals surface area (Å²) in [7, 11) is 1.63. The van der Waals surface area contributed by atoms with Crippen molar-refractivity contribution in [2.24, 2.45) is 0 Å². The van der Waals surface area contributed by atoms with E-state index in [-0.39, 0.29) is 5.28 Å². The van der Waals surface area contributed by atoms with Crippen molar-refractivity contribution in [1.82, 2.24) is 19.6 Å². The monoisotopic (exact) mass is 310 g/mol. The highest BCUT2D eigenvalue weighted by molar-refractivity contribution is 6.29. The van der Waals surface area contributed by atoms with Crippen LogP contribution < -0.4 is 4.74 Å². The van der Waals surface area contributed by atoms with Gasteiger partial charge < -0.3 is 4.74 Å². The van der Waals surface area contributed by atoms with E-state index >= 15 is 0 Å². The maximum absolute atomic E-state index is 6.22. The molecule has 4 rings (SSSR count). The molecule has 0 spiro atoms. The molecule has 0 aliphatic carbocycles. The average molecular weight is 311 g/mol. The predicted octanol–water partition coefficient (Wildman–Crippen LogP) is 3.61. The van der Waals surface area contributed by atoms with E-state index in [4.69, 9.17) is 16.3 Å². The highest BCUT2D eigenvalue weighted by atomic mass is 35.5. The summed E-state index contributed by atoms with van der Waals surface area (Å²) in [5, 5.41) is 5.66. The van der Waals surface area contributed by atoms with E-state index in [1.165, 1.54) is 0 Å². The second-order valence-corrected chi connectivity index (χ2v) is 5.14. The molecule has 22 heavy (non-hydrogen) atoms. The first kappa shape index (κ1) is 13.0. The zero-order valence-electron chi connectivity index (χ0n) is 11.7. The van der Waals surface area contributed by atoms with Crippen LogP contribution in [0.5, 0.6) is 5.75 Å². The van der Waals surface area contributed by atoms with Crippen LogP contribution in [-0.2, 0) is 0 Å². The highest BCUT2D eigenvalue weighted by Crippen LogP contribution is 2.25. The van der Waals surface area contributed by atoms with Gasteiger partial charge in [-0.2, -0.15) is 4.52 Å². The Labute approximate surface area is 131 Å². The summed E-state index contributed by atoms with van der Waals surface area (Å²) in [6.45, 7) is 0. The smallest absolute Gasteiger partial charge is 0.226 e. The lowest BCUT2D eigenvalue weighted by Crippen LogP contribution is -1.94. The van der Waals surface area contributed by atoms with Crippen LogP contribution in [0.2, 0.25) is 5.28 Å². The van der Waals surface area contributed by atoms with E-state index in [1.54, 1.807) is 11.6 Å². The number of fused-ring (bicyclic) bond motifs is 3. The largest absolute Gasteiger partial charge is 0.497 e. The quantitative estimate of drug-likeness (QED) is 0.531. The third kappa shape index (κ3) is 1.98. The van der Waals surface area contributed by atoms with Crippen LogP contribution in [0.1, 0.15) is 0 Å². The van der Waals surface area contributed by atoms with Crippen LogP contribution in [0.25, 0.3) is 27.9 Å². The van der Waals surface area contributed by atoms with Gasteiger partial charge in [-0.3, -0.25) is 0 Å². The molecule has 0 unspecified atom stereocenters. The first-order valence-corrected chi connectivity index (χ1v) is 7.09. The molecule has 0 radical (unpaired) electrons. The Kier molecular flexibility index (Phi) is 2.94. The number of nitrogens with zero attached hydrogens (tertiary/aromatic N) is 4. The summed E-state index contributed by atoms with van der Waals surface area (Å²) in [5.74, 6) is 1.34. The van der Waals surface area contributed by atoms with Gasteiger partial charge in [-0.25, -0.2) is 9.97 Å². The molecule has 2 aromatic heterocycles. The van der Waals surface area contributed by atoms with Crippen molar-refractivity contribution in [1.29, 1.82) is 0 Å². The number of aromatic nitrogens is 4. The van der Waals surface area contributed by atoms with Crippen LogP contribution in [0.15, 0.2) is 48.5 Å². The molecule has 108 valence electrons. The Hall–Kier alpha value is -2.66. The van der Waals surface area contributed by atoms with Crippen molar-refractivity contribution in [3.8, 4) is 17.1 Å². The van der Waals surface area contributed by atoms with Crippen LogP contribution in [-0.4, -0.2) is 26.7 Å². The van der Waals surface area contributed by atoms with E-state index in [0.717, 1.165) is 22.2 Å². The fraction of sp³-hybridized carbons (Fsp3) is 0.0625. The lowest BCUT2D eigenvalue weighted by Gasteiger charge is -2.00. The SMILES string of the molecule is COc1cccc(-c2nc3c4ccccc4nc(Cl)n3n2)c1. The second kappa shape index (κ2) is 4.96. The van der Waals surface area contributed by atoms with Crippen LogP contribution in [0.4, 0.5) is 0 Å². The molecule has 0 bridgehead atoms. The van der Waals surface area contributed by atoms with Crippen molar-refractivity contribution in [2.45, 2.75) is 0 Å². The lowest BCUT2D eigenvalue weighted by molar-refractivity contribution is 0.415. The van der Waals surface area contributed by atoms with Crippen molar-refractivity contribution < 1.29 is 4.74 Å². The number of halogens is 1. The summed E-state index contributed by atoms with van der Waals surface area (Å²) in [4.78, 5) is 8.96. The van der Waals surface area contributed by atoms with E-state index in [9.17, 15) is 0 Å². The summed E-state index contributed by atoms with van der Waals surface area (Å²) in [6, 6.07) is 15.3. The minimum absolute atomic E-state index is 0.287. The van der Waals surface area contributed by atoms with Gasteiger partial charge in [0.05, 0.1) is 12.6 Å². The topological polar surface area (TPSA) is 52.3 Å². The molecule has 5 nitrogen and oxygen atoms in total. The number of hydrogen-bond donors (Lipinski definition) is 0. The minimum Gasteiger partial charge on any atom is -0.497 e. The summed E-state index contributed by atoms with van der Waals surface area (Å²) < 4.78 is 6.80. The third-order valence-corrected chi connectivity index (χ3v) is 3.71. The third-order valence-electron chi connectivity index (χ3n) is 3.47. The zero-order chi connectivity index (χ0) is 15.1. The van der Waals surface area contributed by atoms with Gasteiger partial charge in [0.2, 0.25) is 5.28 Å². The standard InChI is InChI=1S/C16H11ClN4O/c1-22-11-6-4-5-10(9-11)14-19-15-12-7-2-3-8-13(12)18-16(17)21(15)20-14/h2-9H,1H3. The molecule has 0 saturated heterocycles. The molecular formula is C16H11ClN4O. The molecule has 0 N–H and O–H groups in total. The molecule has 0 aliphatic heterocycles. The number of para-hydroxylation sites is 1. The highest BCUT2D eigenvalue weighted by Gasteiger charge is 2.13. The molecule has 0 fully saturated rings. The molecule has 4 aromatic rings. The van der Waals surface area contributed by atoms with Crippen LogP contribution >= 0.6 is 11.6 Å². The van der Waals surface area contributed by atoms with Gasteiger partial charge >= 0.3 is 0 Å². The zero-order valence-corrected chi connectivity index (χ0v) is 12.4. The van der Waals surface area contributed by atoms with Gasteiger partial charge in [-0.15, -0.1) is 5.10 Å². The second-order valence-electron chi connectivity index (χ2n) is 4.80. The number of hydrogen-bond acceptors (Lipinski definition) is 4. The Morgan fingerprint density at radius 1 is 1.05 bits per heavy atom. The molecule has 0 amide bonds. The van der Waals surface area contributed by atoms with Crippen LogP contribution in [0.3, 0.4) is 0 Å². The number of rotatable bonds is 2. The first-order chi connectivity index (χ1) is 10.8. The van der Waals surface area contributed by atoms with Crippen LogP contribution in [0, 0.1) is 0 Å². The van der Waals surface area contributed by atoms with E-state index in [2.05, 4.69) is 15.1 Å². The van der Waals surface area contributed by atoms with Crippen molar-refractivity contribution in [3.05, 3.63) is 53.8 Å². The molecule has 0 atom stereocenters. The first-order valence-electron chi connectivity index (χ1n) is 6.72. The number of benzene rings is 2.